The Bertz CT molecular complexity index is 555. The number of halogens is 2. The normalized spacial score (nSPS) is 18.9. The zero-order valence-corrected chi connectivity index (χ0v) is 12.6. The van der Waals surface area contributed by atoms with Gasteiger partial charge in [-0.25, -0.2) is 17.8 Å². The van der Waals surface area contributed by atoms with E-state index in [0.717, 1.165) is 19.2 Å². The molecule has 0 spiro atoms. The lowest BCUT2D eigenvalue weighted by Crippen LogP contribution is -2.36. The zero-order chi connectivity index (χ0) is 14.6. The van der Waals surface area contributed by atoms with Crippen LogP contribution in [-0.4, -0.2) is 61.2 Å². The van der Waals surface area contributed by atoms with Crippen molar-refractivity contribution in [2.45, 2.75) is 11.4 Å². The Morgan fingerprint density at radius 1 is 1.30 bits per heavy atom. The van der Waals surface area contributed by atoms with E-state index < -0.39 is 20.9 Å². The van der Waals surface area contributed by atoms with E-state index in [-0.39, 0.29) is 0 Å². The van der Waals surface area contributed by atoms with E-state index in [0.29, 0.717) is 31.9 Å². The van der Waals surface area contributed by atoms with Crippen LogP contribution in [0.25, 0.3) is 0 Å². The molecule has 0 bridgehead atoms. The number of aromatic nitrogens is 1. The average molecular weight is 322 g/mol. The second kappa shape index (κ2) is 6.80. The van der Waals surface area contributed by atoms with Gasteiger partial charge in [0.2, 0.25) is 5.03 Å². The van der Waals surface area contributed by atoms with Gasteiger partial charge in [0.15, 0.2) is 5.82 Å². The monoisotopic (exact) mass is 321 g/mol. The summed E-state index contributed by atoms with van der Waals surface area (Å²) in [5.74, 6) is -0.295. The van der Waals surface area contributed by atoms with Gasteiger partial charge in [-0.2, -0.15) is 4.31 Å². The third-order valence-electron chi connectivity index (χ3n) is 3.26. The number of hydrogen-bond acceptors (Lipinski definition) is 4. The number of hydrogen-bond donors (Lipinski definition) is 0. The first-order valence-corrected chi connectivity index (χ1v) is 8.42. The molecule has 1 aliphatic heterocycles. The maximum absolute atomic E-state index is 13.6. The fraction of sp³-hybridized carbons (Fsp3) is 0.583. The Kier molecular flexibility index (Phi) is 5.31. The van der Waals surface area contributed by atoms with Gasteiger partial charge in [0, 0.05) is 38.3 Å². The molecule has 0 aliphatic carbocycles. The number of nitrogens with zero attached hydrogens (tertiary/aromatic N) is 3. The average Bonchev–Trinajstić information content (AvgIpc) is 2.65. The number of rotatable bonds is 4. The molecule has 8 heteroatoms. The number of pyridine rings is 1. The van der Waals surface area contributed by atoms with Gasteiger partial charge in [-0.1, -0.05) is 0 Å². The molecule has 1 saturated heterocycles. The Balaban J connectivity index is 2.16. The van der Waals surface area contributed by atoms with E-state index in [1.54, 1.807) is 0 Å². The van der Waals surface area contributed by atoms with Crippen LogP contribution >= 0.6 is 11.6 Å². The quantitative estimate of drug-likeness (QED) is 0.781. The molecule has 0 radical (unpaired) electrons. The fourth-order valence-electron chi connectivity index (χ4n) is 2.21. The highest BCUT2D eigenvalue weighted by atomic mass is 35.5. The summed E-state index contributed by atoms with van der Waals surface area (Å²) in [4.78, 5) is 5.78. The van der Waals surface area contributed by atoms with Gasteiger partial charge >= 0.3 is 0 Å². The SMILES string of the molecule is O=S(=O)(c1ncccc1F)N1CCCN(CCCl)CC1. The number of sulfonamides is 1. The molecule has 0 saturated carbocycles. The minimum Gasteiger partial charge on any atom is -0.301 e. The van der Waals surface area contributed by atoms with Crippen molar-refractivity contribution in [1.82, 2.24) is 14.2 Å². The van der Waals surface area contributed by atoms with E-state index in [4.69, 9.17) is 11.6 Å². The Labute approximate surface area is 123 Å². The largest absolute Gasteiger partial charge is 0.301 e. The molecule has 112 valence electrons. The molecule has 5 nitrogen and oxygen atoms in total. The van der Waals surface area contributed by atoms with E-state index in [1.165, 1.54) is 16.6 Å². The van der Waals surface area contributed by atoms with Gasteiger partial charge in [-0.3, -0.25) is 0 Å². The van der Waals surface area contributed by atoms with E-state index >= 15 is 0 Å². The van der Waals surface area contributed by atoms with E-state index in [2.05, 4.69) is 9.88 Å². The molecule has 2 heterocycles. The summed E-state index contributed by atoms with van der Waals surface area (Å²) in [5, 5.41) is -0.495. The second-order valence-electron chi connectivity index (χ2n) is 4.58. The molecule has 20 heavy (non-hydrogen) atoms. The maximum Gasteiger partial charge on any atom is 0.263 e. The summed E-state index contributed by atoms with van der Waals surface area (Å²) in [6.07, 6.45) is 1.98. The summed E-state index contributed by atoms with van der Waals surface area (Å²) in [7, 11) is -3.87. The first kappa shape index (κ1) is 15.6. The molecule has 2 rings (SSSR count). The predicted molar refractivity (Wildman–Crippen MR) is 74.7 cm³/mol. The molecule has 0 amide bonds. The standard InChI is InChI=1S/C12H17ClFN3O2S/c13-4-8-16-6-2-7-17(10-9-16)20(18,19)12-11(14)3-1-5-15-12/h1,3,5H,2,4,6-10H2. The van der Waals surface area contributed by atoms with Crippen LogP contribution in [0.2, 0.25) is 0 Å². The molecule has 0 N–H and O–H groups in total. The van der Waals surface area contributed by atoms with Gasteiger partial charge in [-0.05, 0) is 25.1 Å². The second-order valence-corrected chi connectivity index (χ2v) is 6.81. The minimum absolute atomic E-state index is 0.329. The van der Waals surface area contributed by atoms with Crippen LogP contribution in [0.15, 0.2) is 23.4 Å². The van der Waals surface area contributed by atoms with Crippen LogP contribution in [0.4, 0.5) is 4.39 Å². The Morgan fingerprint density at radius 3 is 2.80 bits per heavy atom. The third kappa shape index (κ3) is 3.46. The van der Waals surface area contributed by atoms with Crippen molar-refractivity contribution in [3.05, 3.63) is 24.1 Å². The van der Waals surface area contributed by atoms with Crippen molar-refractivity contribution < 1.29 is 12.8 Å². The van der Waals surface area contributed by atoms with Crippen molar-refractivity contribution in [2.75, 3.05) is 38.6 Å². The summed E-state index contributed by atoms with van der Waals surface area (Å²) in [5.41, 5.74) is 0. The zero-order valence-electron chi connectivity index (χ0n) is 11.0. The smallest absolute Gasteiger partial charge is 0.263 e. The van der Waals surface area contributed by atoms with Crippen molar-refractivity contribution in [3.63, 3.8) is 0 Å². The summed E-state index contributed by atoms with van der Waals surface area (Å²) in [6.45, 7) is 2.82. The fourth-order valence-corrected chi connectivity index (χ4v) is 3.90. The predicted octanol–water partition coefficient (Wildman–Crippen LogP) is 1.16. The lowest BCUT2D eigenvalue weighted by Gasteiger charge is -2.20. The molecule has 0 atom stereocenters. The van der Waals surface area contributed by atoms with Crippen molar-refractivity contribution in [1.29, 1.82) is 0 Å². The Hall–Kier alpha value is -0.760. The maximum atomic E-state index is 13.6. The van der Waals surface area contributed by atoms with Gasteiger partial charge in [-0.15, -0.1) is 11.6 Å². The molecular weight excluding hydrogens is 305 g/mol. The summed E-state index contributed by atoms with van der Waals surface area (Å²) in [6, 6.07) is 2.48. The van der Waals surface area contributed by atoms with Crippen LogP contribution in [0, 0.1) is 5.82 Å². The molecule has 1 aromatic heterocycles. The molecule has 0 unspecified atom stereocenters. The van der Waals surface area contributed by atoms with Crippen LogP contribution in [0.1, 0.15) is 6.42 Å². The highest BCUT2D eigenvalue weighted by molar-refractivity contribution is 7.89. The van der Waals surface area contributed by atoms with E-state index in [9.17, 15) is 12.8 Å². The highest BCUT2D eigenvalue weighted by Gasteiger charge is 2.30. The molecule has 1 fully saturated rings. The first-order chi connectivity index (χ1) is 9.55. The molecular formula is C12H17ClFN3O2S. The van der Waals surface area contributed by atoms with Crippen molar-refractivity contribution in [3.8, 4) is 0 Å². The topological polar surface area (TPSA) is 53.5 Å². The van der Waals surface area contributed by atoms with E-state index in [1.807, 2.05) is 0 Å². The molecule has 1 aromatic rings. The van der Waals surface area contributed by atoms with Gasteiger partial charge in [0.25, 0.3) is 10.0 Å². The van der Waals surface area contributed by atoms with Gasteiger partial charge in [0.1, 0.15) is 0 Å². The Morgan fingerprint density at radius 2 is 2.10 bits per heavy atom. The minimum atomic E-state index is -3.87. The highest BCUT2D eigenvalue weighted by Crippen LogP contribution is 2.18. The van der Waals surface area contributed by atoms with Crippen LogP contribution in [0.3, 0.4) is 0 Å². The lowest BCUT2D eigenvalue weighted by atomic mass is 10.4. The first-order valence-electron chi connectivity index (χ1n) is 6.44. The van der Waals surface area contributed by atoms with Crippen molar-refractivity contribution >= 4 is 21.6 Å². The van der Waals surface area contributed by atoms with Gasteiger partial charge in [0.05, 0.1) is 0 Å². The van der Waals surface area contributed by atoms with Crippen LogP contribution in [-0.2, 0) is 10.0 Å². The third-order valence-corrected chi connectivity index (χ3v) is 5.26. The summed E-state index contributed by atoms with van der Waals surface area (Å²) < 4.78 is 39.7. The van der Waals surface area contributed by atoms with Crippen LogP contribution < -0.4 is 0 Å². The number of alkyl halides is 1. The molecule has 0 aromatic carbocycles. The van der Waals surface area contributed by atoms with Crippen LogP contribution in [0.5, 0.6) is 0 Å². The summed E-state index contributed by atoms with van der Waals surface area (Å²) >= 11 is 5.70. The lowest BCUT2D eigenvalue weighted by molar-refractivity contribution is 0.303. The molecule has 1 aliphatic rings. The van der Waals surface area contributed by atoms with Gasteiger partial charge < -0.3 is 4.90 Å². The van der Waals surface area contributed by atoms with Crippen molar-refractivity contribution in [2.24, 2.45) is 0 Å².